The van der Waals surface area contributed by atoms with Crippen LogP contribution in [-0.4, -0.2) is 23.3 Å². The van der Waals surface area contributed by atoms with Gasteiger partial charge in [0.2, 0.25) is 0 Å². The highest BCUT2D eigenvalue weighted by molar-refractivity contribution is 5.89. The topological polar surface area (TPSA) is 46.5 Å². The molecule has 3 nitrogen and oxygen atoms in total. The molecule has 3 heteroatoms. The first-order chi connectivity index (χ1) is 11.8. The molecule has 1 aromatic carbocycles. The lowest BCUT2D eigenvalue weighted by molar-refractivity contribution is 0.0539. The first-order valence-corrected chi connectivity index (χ1v) is 8.73. The minimum Gasteiger partial charge on any atom is -0.458 e. The zero-order valence-electron chi connectivity index (χ0n) is 15.6. The molecule has 1 rings (SSSR count). The molecule has 0 bridgehead atoms. The van der Waals surface area contributed by atoms with E-state index in [2.05, 4.69) is 25.7 Å². The van der Waals surface area contributed by atoms with Crippen LogP contribution in [0.5, 0.6) is 0 Å². The van der Waals surface area contributed by atoms with Crippen molar-refractivity contribution in [3.8, 4) is 0 Å². The SMILES string of the molecule is C=CC(C)(O)CC/C=C(\C)CC/C=C(\C)COC(=O)c1ccccc1. The molecule has 0 spiro atoms. The number of hydrogen-bond donors (Lipinski definition) is 1. The van der Waals surface area contributed by atoms with Gasteiger partial charge in [-0.2, -0.15) is 0 Å². The Morgan fingerprint density at radius 1 is 1.16 bits per heavy atom. The minimum absolute atomic E-state index is 0.293. The van der Waals surface area contributed by atoms with Gasteiger partial charge in [0.25, 0.3) is 0 Å². The number of allylic oxidation sites excluding steroid dienone is 3. The second-order valence-corrected chi connectivity index (χ2v) is 6.68. The summed E-state index contributed by atoms with van der Waals surface area (Å²) in [5.74, 6) is -0.293. The summed E-state index contributed by atoms with van der Waals surface area (Å²) >= 11 is 0. The van der Waals surface area contributed by atoms with Crippen LogP contribution in [0.4, 0.5) is 0 Å². The van der Waals surface area contributed by atoms with E-state index in [1.807, 2.05) is 25.1 Å². The standard InChI is InChI=1S/C22H30O3/c1-5-22(4,24)16-10-13-18(2)11-9-12-19(3)17-25-21(23)20-14-7-6-8-15-20/h5-8,12-15,24H,1,9-11,16-17H2,2-4H3/b18-13+,19-12+. The van der Waals surface area contributed by atoms with Crippen LogP contribution >= 0.6 is 0 Å². The molecule has 1 atom stereocenters. The molecule has 0 fully saturated rings. The van der Waals surface area contributed by atoms with Gasteiger partial charge < -0.3 is 9.84 Å². The summed E-state index contributed by atoms with van der Waals surface area (Å²) < 4.78 is 5.30. The third kappa shape index (κ3) is 9.06. The van der Waals surface area contributed by atoms with Crippen molar-refractivity contribution in [2.24, 2.45) is 0 Å². The van der Waals surface area contributed by atoms with Crippen molar-refractivity contribution in [1.82, 2.24) is 0 Å². The number of benzene rings is 1. The molecule has 0 saturated carbocycles. The molecule has 0 radical (unpaired) electrons. The maximum atomic E-state index is 11.9. The largest absolute Gasteiger partial charge is 0.458 e. The van der Waals surface area contributed by atoms with Gasteiger partial charge in [-0.3, -0.25) is 0 Å². The number of ether oxygens (including phenoxy) is 1. The van der Waals surface area contributed by atoms with Gasteiger partial charge in [-0.25, -0.2) is 4.79 Å². The molecule has 0 amide bonds. The Bertz CT molecular complexity index is 609. The number of hydrogen-bond acceptors (Lipinski definition) is 3. The molecular formula is C22H30O3. The predicted octanol–water partition coefficient (Wildman–Crippen LogP) is 5.23. The maximum absolute atomic E-state index is 11.9. The van der Waals surface area contributed by atoms with Gasteiger partial charge in [-0.1, -0.05) is 42.0 Å². The quantitative estimate of drug-likeness (QED) is 0.467. The van der Waals surface area contributed by atoms with E-state index in [-0.39, 0.29) is 5.97 Å². The molecule has 0 aliphatic rings. The van der Waals surface area contributed by atoms with E-state index in [9.17, 15) is 9.90 Å². The van der Waals surface area contributed by atoms with E-state index in [0.717, 1.165) is 24.8 Å². The van der Waals surface area contributed by atoms with Gasteiger partial charge in [0, 0.05) is 0 Å². The van der Waals surface area contributed by atoms with E-state index in [1.165, 1.54) is 5.57 Å². The summed E-state index contributed by atoms with van der Waals surface area (Å²) in [5, 5.41) is 9.87. The summed E-state index contributed by atoms with van der Waals surface area (Å²) in [4.78, 5) is 11.9. The van der Waals surface area contributed by atoms with Gasteiger partial charge in [0.1, 0.15) is 6.61 Å². The second kappa shape index (κ2) is 10.7. The Balaban J connectivity index is 2.30. The van der Waals surface area contributed by atoms with Gasteiger partial charge in [-0.05, 0) is 64.2 Å². The van der Waals surface area contributed by atoms with E-state index in [4.69, 9.17) is 4.74 Å². The Morgan fingerprint density at radius 2 is 1.80 bits per heavy atom. The molecule has 0 aliphatic carbocycles. The van der Waals surface area contributed by atoms with Crippen LogP contribution in [0.25, 0.3) is 0 Å². The van der Waals surface area contributed by atoms with Crippen molar-refractivity contribution in [2.75, 3.05) is 6.61 Å². The molecular weight excluding hydrogens is 312 g/mol. The Morgan fingerprint density at radius 3 is 2.44 bits per heavy atom. The molecule has 0 aliphatic heterocycles. The molecule has 1 unspecified atom stereocenters. The molecule has 25 heavy (non-hydrogen) atoms. The molecule has 0 heterocycles. The highest BCUT2D eigenvalue weighted by atomic mass is 16.5. The Labute approximate surface area is 151 Å². The van der Waals surface area contributed by atoms with Crippen molar-refractivity contribution < 1.29 is 14.6 Å². The summed E-state index contributed by atoms with van der Waals surface area (Å²) in [6.07, 6.45) is 9.24. The number of rotatable bonds is 10. The molecule has 1 aromatic rings. The fraction of sp³-hybridized carbons (Fsp3) is 0.409. The minimum atomic E-state index is -0.796. The van der Waals surface area contributed by atoms with E-state index >= 15 is 0 Å². The lowest BCUT2D eigenvalue weighted by Gasteiger charge is -2.16. The Kier molecular flexibility index (Phi) is 8.93. The zero-order valence-corrected chi connectivity index (χ0v) is 15.6. The van der Waals surface area contributed by atoms with Crippen LogP contribution in [0.3, 0.4) is 0 Å². The van der Waals surface area contributed by atoms with Crippen molar-refractivity contribution in [1.29, 1.82) is 0 Å². The van der Waals surface area contributed by atoms with Gasteiger partial charge in [0.05, 0.1) is 11.2 Å². The number of esters is 1. The first kappa shape index (κ1) is 20.9. The molecule has 1 N–H and O–H groups in total. The second-order valence-electron chi connectivity index (χ2n) is 6.68. The number of aliphatic hydroxyl groups is 1. The van der Waals surface area contributed by atoms with Crippen molar-refractivity contribution in [3.05, 3.63) is 71.8 Å². The summed E-state index contributed by atoms with van der Waals surface area (Å²) in [7, 11) is 0. The van der Waals surface area contributed by atoms with Crippen LogP contribution in [0.1, 0.15) is 56.8 Å². The van der Waals surface area contributed by atoms with Crippen LogP contribution in [0.15, 0.2) is 66.3 Å². The highest BCUT2D eigenvalue weighted by Crippen LogP contribution is 2.15. The van der Waals surface area contributed by atoms with Crippen molar-refractivity contribution in [3.63, 3.8) is 0 Å². The average Bonchev–Trinajstić information content (AvgIpc) is 2.60. The first-order valence-electron chi connectivity index (χ1n) is 8.73. The highest BCUT2D eigenvalue weighted by Gasteiger charge is 2.13. The fourth-order valence-electron chi connectivity index (χ4n) is 2.26. The van der Waals surface area contributed by atoms with Crippen LogP contribution in [-0.2, 0) is 4.74 Å². The van der Waals surface area contributed by atoms with E-state index in [0.29, 0.717) is 18.6 Å². The van der Waals surface area contributed by atoms with E-state index < -0.39 is 5.60 Å². The number of carbonyl (C=O) groups is 1. The van der Waals surface area contributed by atoms with Crippen LogP contribution in [0.2, 0.25) is 0 Å². The van der Waals surface area contributed by atoms with Crippen LogP contribution < -0.4 is 0 Å². The van der Waals surface area contributed by atoms with E-state index in [1.54, 1.807) is 25.1 Å². The third-order valence-electron chi connectivity index (χ3n) is 4.05. The van der Waals surface area contributed by atoms with Crippen molar-refractivity contribution in [2.45, 2.75) is 52.1 Å². The smallest absolute Gasteiger partial charge is 0.338 e. The predicted molar refractivity (Wildman–Crippen MR) is 104 cm³/mol. The third-order valence-corrected chi connectivity index (χ3v) is 4.05. The lowest BCUT2D eigenvalue weighted by atomic mass is 9.99. The zero-order chi connectivity index (χ0) is 18.7. The van der Waals surface area contributed by atoms with Gasteiger partial charge in [0.15, 0.2) is 0 Å². The summed E-state index contributed by atoms with van der Waals surface area (Å²) in [5.41, 5.74) is 2.12. The van der Waals surface area contributed by atoms with Gasteiger partial charge >= 0.3 is 5.97 Å². The molecule has 136 valence electrons. The summed E-state index contributed by atoms with van der Waals surface area (Å²) in [6, 6.07) is 9.01. The van der Waals surface area contributed by atoms with Crippen LogP contribution in [0, 0.1) is 0 Å². The monoisotopic (exact) mass is 342 g/mol. The average molecular weight is 342 g/mol. The summed E-state index contributed by atoms with van der Waals surface area (Å²) in [6.45, 7) is 9.79. The normalized spacial score (nSPS) is 14.7. The fourth-order valence-corrected chi connectivity index (χ4v) is 2.26. The van der Waals surface area contributed by atoms with Crippen molar-refractivity contribution >= 4 is 5.97 Å². The van der Waals surface area contributed by atoms with Gasteiger partial charge in [-0.15, -0.1) is 6.58 Å². The number of carbonyl (C=O) groups excluding carboxylic acids is 1. The molecule has 0 aromatic heterocycles. The lowest BCUT2D eigenvalue weighted by Crippen LogP contribution is -2.19. The Hall–Kier alpha value is -2.13. The maximum Gasteiger partial charge on any atom is 0.338 e. The molecule has 0 saturated heterocycles.